The highest BCUT2D eigenvalue weighted by atomic mass is 16.5. The molecule has 8 nitrogen and oxygen atoms in total. The molecule has 2 heterocycles. The number of hydrogen-bond acceptors (Lipinski definition) is 6. The minimum atomic E-state index is -0.677. The van der Waals surface area contributed by atoms with Crippen LogP contribution in [0.3, 0.4) is 0 Å². The van der Waals surface area contributed by atoms with Crippen molar-refractivity contribution in [2.24, 2.45) is 0 Å². The van der Waals surface area contributed by atoms with E-state index >= 15 is 0 Å². The molecule has 26 heavy (non-hydrogen) atoms. The first-order chi connectivity index (χ1) is 12.4. The lowest BCUT2D eigenvalue weighted by atomic mass is 9.90. The van der Waals surface area contributed by atoms with Gasteiger partial charge < -0.3 is 24.6 Å². The van der Waals surface area contributed by atoms with Crippen LogP contribution < -0.4 is 5.32 Å². The first-order valence-corrected chi connectivity index (χ1v) is 8.71. The predicted molar refractivity (Wildman–Crippen MR) is 93.1 cm³/mol. The highest BCUT2D eigenvalue weighted by molar-refractivity contribution is 6.26. The van der Waals surface area contributed by atoms with Crippen LogP contribution in [-0.2, 0) is 17.9 Å². The molecular weight excluding hydrogens is 338 g/mol. The zero-order valence-corrected chi connectivity index (χ0v) is 15.2. The van der Waals surface area contributed by atoms with Crippen LogP contribution in [-0.4, -0.2) is 58.5 Å². The molecule has 1 aromatic rings. The Labute approximate surface area is 151 Å². The summed E-state index contributed by atoms with van der Waals surface area (Å²) in [6, 6.07) is 0. The molecule has 1 aliphatic heterocycles. The average Bonchev–Trinajstić information content (AvgIpc) is 3.40. The van der Waals surface area contributed by atoms with Crippen molar-refractivity contribution in [3.63, 3.8) is 0 Å². The molecule has 0 spiro atoms. The minimum Gasteiger partial charge on any atom is -0.445 e. The van der Waals surface area contributed by atoms with Gasteiger partial charge in [0.1, 0.15) is 12.3 Å². The van der Waals surface area contributed by atoms with Gasteiger partial charge in [-0.2, -0.15) is 0 Å². The maximum atomic E-state index is 13.1. The molecule has 1 fully saturated rings. The van der Waals surface area contributed by atoms with Gasteiger partial charge in [0.15, 0.2) is 0 Å². The van der Waals surface area contributed by atoms with E-state index in [9.17, 15) is 14.4 Å². The molecule has 2 N–H and O–H groups in total. The number of nitrogens with one attached hydrogen (secondary N) is 1. The van der Waals surface area contributed by atoms with Gasteiger partial charge in [-0.1, -0.05) is 0 Å². The van der Waals surface area contributed by atoms with Crippen LogP contribution in [0.5, 0.6) is 0 Å². The van der Waals surface area contributed by atoms with Gasteiger partial charge in [-0.05, 0) is 20.8 Å². The Morgan fingerprint density at radius 2 is 1.92 bits per heavy atom. The second kappa shape index (κ2) is 6.95. The molecule has 0 bridgehead atoms. The van der Waals surface area contributed by atoms with Crippen molar-refractivity contribution < 1.29 is 24.2 Å². The second-order valence-corrected chi connectivity index (χ2v) is 6.38. The number of carbonyl (C=O) groups excluding carboxylic acids is 3. The van der Waals surface area contributed by atoms with E-state index in [2.05, 4.69) is 5.32 Å². The molecule has 0 radical (unpaired) electrons. The summed E-state index contributed by atoms with van der Waals surface area (Å²) in [5, 5.41) is 11.1. The number of Topliss-reactive ketones (excluding diaryl/α,β-unsaturated/α-hetero) is 2. The van der Waals surface area contributed by atoms with Gasteiger partial charge in [0.25, 0.3) is 0 Å². The zero-order chi connectivity index (χ0) is 19.0. The Morgan fingerprint density at radius 1 is 1.23 bits per heavy atom. The van der Waals surface area contributed by atoms with Gasteiger partial charge in [-0.3, -0.25) is 9.59 Å². The molecule has 2 aliphatic rings. The van der Waals surface area contributed by atoms with E-state index in [1.165, 1.54) is 0 Å². The van der Waals surface area contributed by atoms with Gasteiger partial charge in [0, 0.05) is 43.0 Å². The van der Waals surface area contributed by atoms with E-state index in [-0.39, 0.29) is 31.3 Å². The van der Waals surface area contributed by atoms with E-state index in [4.69, 9.17) is 9.84 Å². The normalized spacial score (nSPS) is 16.1. The fourth-order valence-electron chi connectivity index (χ4n) is 3.42. The van der Waals surface area contributed by atoms with Gasteiger partial charge in [-0.15, -0.1) is 0 Å². The van der Waals surface area contributed by atoms with Crippen molar-refractivity contribution in [3.05, 3.63) is 33.8 Å². The lowest BCUT2D eigenvalue weighted by molar-refractivity contribution is 0.0952. The molecule has 1 aliphatic carbocycles. The van der Waals surface area contributed by atoms with E-state index < -0.39 is 6.09 Å². The van der Waals surface area contributed by atoms with Crippen molar-refractivity contribution in [3.8, 4) is 0 Å². The maximum absolute atomic E-state index is 13.1. The summed E-state index contributed by atoms with van der Waals surface area (Å²) in [4.78, 5) is 39.6. The number of alkyl carbamates (subject to hydrolysis) is 1. The summed E-state index contributed by atoms with van der Waals surface area (Å²) in [7, 11) is 0. The quantitative estimate of drug-likeness (QED) is 0.733. The van der Waals surface area contributed by atoms with E-state index in [1.54, 1.807) is 6.92 Å². The third-order valence-corrected chi connectivity index (χ3v) is 4.81. The van der Waals surface area contributed by atoms with Crippen molar-refractivity contribution >= 4 is 17.7 Å². The number of ketones is 2. The number of aromatic nitrogens is 1. The Kier molecular flexibility index (Phi) is 4.86. The molecular formula is C18H23N3O5. The summed E-state index contributed by atoms with van der Waals surface area (Å²) in [6.07, 6.45) is -0.677. The summed E-state index contributed by atoms with van der Waals surface area (Å²) in [6.45, 7) is 7.28. The molecule has 140 valence electrons. The number of aliphatic hydroxyl groups excluding tert-OH is 1. The largest absolute Gasteiger partial charge is 0.445 e. The first-order valence-electron chi connectivity index (χ1n) is 8.71. The topological polar surface area (TPSA) is 101 Å². The number of fused-ring (bicyclic) bond motifs is 1. The average molecular weight is 361 g/mol. The fourth-order valence-corrected chi connectivity index (χ4v) is 3.42. The van der Waals surface area contributed by atoms with Crippen LogP contribution >= 0.6 is 0 Å². The fraction of sp³-hybridized carbons (Fsp3) is 0.500. The van der Waals surface area contributed by atoms with Gasteiger partial charge in [0.05, 0.1) is 17.9 Å². The highest BCUT2D eigenvalue weighted by Crippen LogP contribution is 2.36. The van der Waals surface area contributed by atoms with E-state index in [0.29, 0.717) is 34.6 Å². The van der Waals surface area contributed by atoms with Crippen molar-refractivity contribution in [1.82, 2.24) is 14.8 Å². The summed E-state index contributed by atoms with van der Waals surface area (Å²) in [5.41, 5.74) is 2.96. The van der Waals surface area contributed by atoms with Crippen molar-refractivity contribution in [2.45, 2.75) is 33.9 Å². The standard InChI is InChI=1S/C18H23N3O5/c1-4-21-11(3)12(9-26-18(25)19-5-8-22)13-15(21)16(23)10(2)14(17(13)24)20-6-7-20/h22H,4-9H2,1-3H3,(H,19,25). The maximum Gasteiger partial charge on any atom is 0.407 e. The smallest absolute Gasteiger partial charge is 0.407 e. The number of carbonyl (C=O) groups is 3. The van der Waals surface area contributed by atoms with Crippen LogP contribution in [0.1, 0.15) is 46.0 Å². The molecule has 8 heteroatoms. The van der Waals surface area contributed by atoms with Crippen LogP contribution in [0.15, 0.2) is 11.3 Å². The van der Waals surface area contributed by atoms with Gasteiger partial charge >= 0.3 is 6.09 Å². The third-order valence-electron chi connectivity index (χ3n) is 4.81. The monoisotopic (exact) mass is 361 g/mol. The molecule has 0 atom stereocenters. The summed E-state index contributed by atoms with van der Waals surface area (Å²) < 4.78 is 7.00. The number of hydrogen-bond donors (Lipinski definition) is 2. The van der Waals surface area contributed by atoms with Gasteiger partial charge in [-0.25, -0.2) is 4.79 Å². The zero-order valence-electron chi connectivity index (χ0n) is 15.2. The van der Waals surface area contributed by atoms with Crippen LogP contribution in [0.25, 0.3) is 0 Å². The Balaban J connectivity index is 1.99. The SMILES string of the molecule is CCn1c(C)c(COC(=O)NCCO)c2c1C(=O)C(C)=C(N1CC1)C2=O. The van der Waals surface area contributed by atoms with Crippen molar-refractivity contribution in [2.75, 3.05) is 26.2 Å². The third kappa shape index (κ3) is 2.90. The number of allylic oxidation sites excluding steroid dienone is 2. The lowest BCUT2D eigenvalue weighted by Gasteiger charge is -2.19. The lowest BCUT2D eigenvalue weighted by Crippen LogP contribution is -2.28. The number of aliphatic hydroxyl groups is 1. The molecule has 1 aromatic heterocycles. The van der Waals surface area contributed by atoms with Crippen LogP contribution in [0.4, 0.5) is 4.79 Å². The second-order valence-electron chi connectivity index (χ2n) is 6.38. The summed E-state index contributed by atoms with van der Waals surface area (Å²) >= 11 is 0. The number of amides is 1. The van der Waals surface area contributed by atoms with Crippen molar-refractivity contribution in [1.29, 1.82) is 0 Å². The molecule has 0 unspecified atom stereocenters. The molecule has 1 saturated heterocycles. The van der Waals surface area contributed by atoms with E-state index in [0.717, 1.165) is 18.8 Å². The van der Waals surface area contributed by atoms with Crippen LogP contribution in [0, 0.1) is 6.92 Å². The Hall–Kier alpha value is -2.61. The predicted octanol–water partition coefficient (Wildman–Crippen LogP) is 1.00. The molecule has 0 aromatic carbocycles. The minimum absolute atomic E-state index is 0.0877. The number of nitrogens with zero attached hydrogens (tertiary/aromatic N) is 2. The van der Waals surface area contributed by atoms with Gasteiger partial charge in [0.2, 0.25) is 11.6 Å². The Morgan fingerprint density at radius 3 is 2.50 bits per heavy atom. The van der Waals surface area contributed by atoms with E-state index in [1.807, 2.05) is 23.3 Å². The molecule has 1 amide bonds. The molecule has 0 saturated carbocycles. The Bertz CT molecular complexity index is 817. The first kappa shape index (κ1) is 18.2. The number of rotatable bonds is 6. The number of ether oxygens (including phenoxy) is 1. The highest BCUT2D eigenvalue weighted by Gasteiger charge is 2.41. The molecule has 3 rings (SSSR count). The van der Waals surface area contributed by atoms with Crippen LogP contribution in [0.2, 0.25) is 0 Å². The summed E-state index contributed by atoms with van der Waals surface area (Å²) in [5.74, 6) is -0.332.